The molecule has 0 rings (SSSR count). The zero-order valence-electron chi connectivity index (χ0n) is 9.74. The molecule has 2 N–H and O–H groups in total. The highest BCUT2D eigenvalue weighted by molar-refractivity contribution is 7.91. The minimum atomic E-state index is -3.97. The summed E-state index contributed by atoms with van der Waals surface area (Å²) in [6, 6.07) is 0. The van der Waals surface area contributed by atoms with Crippen LogP contribution >= 0.6 is 16.5 Å². The zero-order valence-corrected chi connectivity index (χ0v) is 12.6. The van der Waals surface area contributed by atoms with E-state index in [-0.39, 0.29) is 0 Å². The van der Waals surface area contributed by atoms with E-state index in [2.05, 4.69) is 22.9 Å². The first-order chi connectivity index (χ1) is 7.65. The van der Waals surface area contributed by atoms with Gasteiger partial charge < -0.3 is 9.79 Å². The lowest BCUT2D eigenvalue weighted by Gasteiger charge is -2.11. The molecule has 0 aromatic heterocycles. The van der Waals surface area contributed by atoms with Crippen LogP contribution in [0.3, 0.4) is 0 Å². The Hall–Kier alpha value is 0.250. The second-order valence-corrected chi connectivity index (χ2v) is 6.46. The minimum absolute atomic E-state index is 0.632. The summed E-state index contributed by atoms with van der Waals surface area (Å²) < 4.78 is 49.3. The molecule has 8 nitrogen and oxygen atoms in total. The van der Waals surface area contributed by atoms with Crippen molar-refractivity contribution in [3.05, 3.63) is 0 Å². The summed E-state index contributed by atoms with van der Waals surface area (Å²) in [5, 5.41) is 0. The van der Waals surface area contributed by atoms with Crippen molar-refractivity contribution in [3.63, 3.8) is 0 Å². The van der Waals surface area contributed by atoms with Crippen LogP contribution < -0.4 is 0 Å². The first-order valence-electron chi connectivity index (χ1n) is 4.63. The lowest BCUT2D eigenvalue weighted by atomic mass is 10.4. The Kier molecular flexibility index (Phi) is 11.8. The summed E-state index contributed by atoms with van der Waals surface area (Å²) in [7, 11) is -11.1. The van der Waals surface area contributed by atoms with Crippen molar-refractivity contribution in [2.75, 3.05) is 6.26 Å². The maximum Gasteiger partial charge on any atom is 0.319 e. The van der Waals surface area contributed by atoms with Crippen molar-refractivity contribution >= 4 is 26.3 Å². The molecule has 0 radical (unpaired) electrons. The van der Waals surface area contributed by atoms with Crippen LogP contribution in [0.2, 0.25) is 0 Å². The van der Waals surface area contributed by atoms with Crippen molar-refractivity contribution < 1.29 is 36.4 Å². The summed E-state index contributed by atoms with van der Waals surface area (Å²) in [6.45, 7) is 4.36. The molecule has 0 spiro atoms. The number of rotatable bonds is 6. The Morgan fingerprint density at radius 2 is 1.35 bits per heavy atom. The molecule has 17 heavy (non-hydrogen) atoms. The number of sulfone groups is 1. The monoisotopic (exact) mass is 312 g/mol. The average Bonchev–Trinajstić information content (AvgIpc) is 2.14. The van der Waals surface area contributed by atoms with Crippen LogP contribution in [0, 0.1) is 0 Å². The van der Waals surface area contributed by atoms with Gasteiger partial charge in [0.05, 0.1) is 0 Å². The van der Waals surface area contributed by atoms with Crippen LogP contribution in [-0.2, 0) is 28.0 Å². The van der Waals surface area contributed by atoms with Gasteiger partial charge >= 0.3 is 16.5 Å². The van der Waals surface area contributed by atoms with E-state index in [4.69, 9.17) is 9.79 Å². The first-order valence-corrected chi connectivity index (χ1v) is 9.11. The van der Waals surface area contributed by atoms with E-state index in [1.54, 1.807) is 0 Å². The minimum Gasteiger partial charge on any atom is -0.326 e. The molecule has 0 heterocycles. The van der Waals surface area contributed by atoms with Crippen molar-refractivity contribution in [2.45, 2.75) is 32.3 Å². The maximum atomic E-state index is 10.7. The molecule has 2 unspecified atom stereocenters. The molecule has 0 aromatic carbocycles. The number of hydrogen-bond donors (Lipinski definition) is 2. The highest BCUT2D eigenvalue weighted by Gasteiger charge is 2.25. The predicted octanol–water partition coefficient (Wildman–Crippen LogP) is 0.918. The van der Waals surface area contributed by atoms with Gasteiger partial charge in [-0.15, -0.1) is 0 Å². The molecular weight excluding hydrogens is 294 g/mol. The van der Waals surface area contributed by atoms with Crippen molar-refractivity contribution in [1.82, 2.24) is 0 Å². The van der Waals surface area contributed by atoms with E-state index >= 15 is 0 Å². The molecule has 0 saturated carbocycles. The van der Waals surface area contributed by atoms with Gasteiger partial charge in [-0.2, -0.15) is 0 Å². The third kappa shape index (κ3) is 14.2. The van der Waals surface area contributed by atoms with Crippen LogP contribution in [-0.4, -0.2) is 30.1 Å². The third-order valence-corrected chi connectivity index (χ3v) is 3.31. The van der Waals surface area contributed by atoms with Gasteiger partial charge in [-0.1, -0.05) is 26.7 Å². The van der Waals surface area contributed by atoms with Crippen LogP contribution in [0.4, 0.5) is 0 Å². The molecule has 0 saturated heterocycles. The van der Waals surface area contributed by atoms with Crippen molar-refractivity contribution in [3.8, 4) is 0 Å². The molecule has 106 valence electrons. The highest BCUT2D eigenvalue weighted by atomic mass is 32.2. The van der Waals surface area contributed by atoms with Gasteiger partial charge in [0.25, 0.3) is 5.62 Å². The second-order valence-electron chi connectivity index (χ2n) is 2.89. The predicted molar refractivity (Wildman–Crippen MR) is 63.8 cm³/mol. The topological polar surface area (TPSA) is 127 Å². The lowest BCUT2D eigenvalue weighted by Crippen LogP contribution is -2.21. The van der Waals surface area contributed by atoms with Gasteiger partial charge in [0.15, 0.2) is 0 Å². The van der Waals surface area contributed by atoms with E-state index in [9.17, 15) is 17.5 Å². The van der Waals surface area contributed by atoms with Gasteiger partial charge in [0.2, 0.25) is 9.84 Å². The third-order valence-electron chi connectivity index (χ3n) is 1.24. The standard InChI is InChI=1S/C4H10.C2H8O8P2S/c1-3-4-2;1-13(7,8)2(9-11(3)4)10-12(5)6/h3-4H2,1-2H3;2,11-12H,1H3,(H,3,4)(H,5,6). The molecule has 0 bridgehead atoms. The number of unbranched alkanes of at least 4 members (excludes halogenated alkanes) is 1. The lowest BCUT2D eigenvalue weighted by molar-refractivity contribution is 0.0689. The SMILES string of the molecule is CCCC.CS(=O)(=O)C(O[PH](=O)O)O[PH](=O)O. The molecule has 2 atom stereocenters. The molecule has 0 fully saturated rings. The summed E-state index contributed by atoms with van der Waals surface area (Å²) >= 11 is 0. The Morgan fingerprint density at radius 1 is 1.06 bits per heavy atom. The first kappa shape index (κ1) is 19.6. The second kappa shape index (κ2) is 10.2. The van der Waals surface area contributed by atoms with E-state index in [0.29, 0.717) is 6.26 Å². The Balaban J connectivity index is 0. The fourth-order valence-corrected chi connectivity index (χ4v) is 2.78. The van der Waals surface area contributed by atoms with Crippen molar-refractivity contribution in [2.24, 2.45) is 0 Å². The zero-order chi connectivity index (χ0) is 14.1. The quantitative estimate of drug-likeness (QED) is 0.547. The van der Waals surface area contributed by atoms with Gasteiger partial charge in [0, 0.05) is 6.26 Å². The summed E-state index contributed by atoms with van der Waals surface area (Å²) in [5.41, 5.74) is -2.18. The maximum absolute atomic E-state index is 10.7. The normalized spacial score (nSPS) is 16.5. The summed E-state index contributed by atoms with van der Waals surface area (Å²) in [5.74, 6) is 0. The van der Waals surface area contributed by atoms with Gasteiger partial charge in [0.1, 0.15) is 0 Å². The molecule has 0 aromatic rings. The largest absolute Gasteiger partial charge is 0.326 e. The molecule has 0 aliphatic carbocycles. The molecule has 0 aliphatic heterocycles. The van der Waals surface area contributed by atoms with E-state index < -0.39 is 32.0 Å². The van der Waals surface area contributed by atoms with Crippen LogP contribution in [0.5, 0.6) is 0 Å². The Morgan fingerprint density at radius 3 is 1.47 bits per heavy atom. The number of hydrogen-bond acceptors (Lipinski definition) is 6. The Labute approximate surface area is 102 Å². The van der Waals surface area contributed by atoms with Gasteiger partial charge in [-0.25, -0.2) is 8.42 Å². The van der Waals surface area contributed by atoms with E-state index in [1.807, 2.05) is 0 Å². The molecular formula is C6H18O8P2S. The fourth-order valence-electron chi connectivity index (χ4n) is 0.363. The van der Waals surface area contributed by atoms with Gasteiger partial charge in [-0.05, 0) is 0 Å². The van der Waals surface area contributed by atoms with E-state index in [1.165, 1.54) is 12.8 Å². The van der Waals surface area contributed by atoms with Crippen LogP contribution in [0.15, 0.2) is 0 Å². The van der Waals surface area contributed by atoms with Crippen LogP contribution in [0.1, 0.15) is 26.7 Å². The van der Waals surface area contributed by atoms with E-state index in [0.717, 1.165) is 0 Å². The summed E-state index contributed by atoms with van der Waals surface area (Å²) in [4.78, 5) is 16.4. The average molecular weight is 312 g/mol. The fraction of sp³-hybridized carbons (Fsp3) is 1.00. The smallest absolute Gasteiger partial charge is 0.319 e. The molecule has 0 aliphatic rings. The molecule has 11 heteroatoms. The molecule has 0 amide bonds. The Bertz CT molecular complexity index is 322. The van der Waals surface area contributed by atoms with Crippen molar-refractivity contribution in [1.29, 1.82) is 0 Å². The highest BCUT2D eigenvalue weighted by Crippen LogP contribution is 2.28. The van der Waals surface area contributed by atoms with Crippen LogP contribution in [0.25, 0.3) is 0 Å². The summed E-state index contributed by atoms with van der Waals surface area (Å²) in [6.07, 6.45) is 3.27. The van der Waals surface area contributed by atoms with Gasteiger partial charge in [-0.3, -0.25) is 18.2 Å².